The number of carbonyl (C=O) groups excluding carboxylic acids is 2. The first kappa shape index (κ1) is 20.0. The summed E-state index contributed by atoms with van der Waals surface area (Å²) >= 11 is 6.11. The molecule has 138 valence electrons. The molecule has 0 bridgehead atoms. The standard InChI is InChI=1S/C21H23ClO4/c1-4-6-19(23)25-17-11-7-15(8-12-17)16-9-13-18(14-10-16)26-20(24)21(3,22)5-2/h7-14H,4-6H2,1-3H3. The van der Waals surface area contributed by atoms with Gasteiger partial charge in [0.15, 0.2) is 0 Å². The summed E-state index contributed by atoms with van der Waals surface area (Å²) in [7, 11) is 0. The average Bonchev–Trinajstić information content (AvgIpc) is 2.63. The summed E-state index contributed by atoms with van der Waals surface area (Å²) in [6.07, 6.45) is 1.65. The Kier molecular flexibility index (Phi) is 6.81. The molecule has 2 aromatic rings. The third-order valence-electron chi connectivity index (χ3n) is 4.03. The Morgan fingerprint density at radius 1 is 0.885 bits per heavy atom. The van der Waals surface area contributed by atoms with Gasteiger partial charge in [-0.3, -0.25) is 4.79 Å². The molecule has 0 aromatic heterocycles. The van der Waals surface area contributed by atoms with Crippen molar-refractivity contribution in [2.24, 2.45) is 0 Å². The number of carbonyl (C=O) groups is 2. The Morgan fingerprint density at radius 2 is 1.35 bits per heavy atom. The Balaban J connectivity index is 2.04. The fourth-order valence-electron chi connectivity index (χ4n) is 2.18. The van der Waals surface area contributed by atoms with Gasteiger partial charge < -0.3 is 9.47 Å². The number of rotatable bonds is 7. The molecule has 2 aromatic carbocycles. The van der Waals surface area contributed by atoms with Crippen molar-refractivity contribution in [3.63, 3.8) is 0 Å². The van der Waals surface area contributed by atoms with Gasteiger partial charge in [0.1, 0.15) is 16.4 Å². The van der Waals surface area contributed by atoms with Gasteiger partial charge in [-0.1, -0.05) is 38.1 Å². The molecule has 0 saturated carbocycles. The van der Waals surface area contributed by atoms with E-state index in [0.29, 0.717) is 24.3 Å². The molecule has 5 heteroatoms. The highest BCUT2D eigenvalue weighted by molar-refractivity contribution is 6.33. The summed E-state index contributed by atoms with van der Waals surface area (Å²) in [5, 5.41) is 0. The summed E-state index contributed by atoms with van der Waals surface area (Å²) in [5.74, 6) is 0.278. The predicted octanol–water partition coefficient (Wildman–Crippen LogP) is 5.37. The van der Waals surface area contributed by atoms with Crippen molar-refractivity contribution in [2.45, 2.75) is 44.9 Å². The van der Waals surface area contributed by atoms with Gasteiger partial charge in [-0.25, -0.2) is 4.79 Å². The van der Waals surface area contributed by atoms with Gasteiger partial charge in [-0.2, -0.15) is 0 Å². The van der Waals surface area contributed by atoms with E-state index in [2.05, 4.69) is 0 Å². The van der Waals surface area contributed by atoms with E-state index in [9.17, 15) is 9.59 Å². The van der Waals surface area contributed by atoms with Crippen LogP contribution >= 0.6 is 11.6 Å². The van der Waals surface area contributed by atoms with Gasteiger partial charge in [-0.15, -0.1) is 11.6 Å². The van der Waals surface area contributed by atoms with Crippen LogP contribution in [-0.2, 0) is 9.59 Å². The zero-order valence-corrected chi connectivity index (χ0v) is 16.0. The maximum atomic E-state index is 12.0. The summed E-state index contributed by atoms with van der Waals surface area (Å²) in [5.41, 5.74) is 1.93. The Morgan fingerprint density at radius 3 is 1.77 bits per heavy atom. The van der Waals surface area contributed by atoms with Crippen molar-refractivity contribution >= 4 is 23.5 Å². The van der Waals surface area contributed by atoms with Crippen molar-refractivity contribution in [1.29, 1.82) is 0 Å². The minimum absolute atomic E-state index is 0.232. The topological polar surface area (TPSA) is 52.6 Å². The average molecular weight is 375 g/mol. The van der Waals surface area contributed by atoms with Crippen LogP contribution in [-0.4, -0.2) is 16.8 Å². The molecule has 0 fully saturated rings. The Hall–Kier alpha value is -2.33. The Labute approximate surface area is 159 Å². The van der Waals surface area contributed by atoms with E-state index in [1.54, 1.807) is 31.2 Å². The van der Waals surface area contributed by atoms with Crippen LogP contribution in [0.1, 0.15) is 40.0 Å². The fraction of sp³-hybridized carbons (Fsp3) is 0.333. The maximum absolute atomic E-state index is 12.0. The van der Waals surface area contributed by atoms with Crippen LogP contribution in [0.15, 0.2) is 48.5 Å². The first-order valence-electron chi connectivity index (χ1n) is 8.68. The van der Waals surface area contributed by atoms with E-state index >= 15 is 0 Å². The van der Waals surface area contributed by atoms with E-state index in [1.807, 2.05) is 38.1 Å². The monoisotopic (exact) mass is 374 g/mol. The number of esters is 2. The fourth-order valence-corrected chi connectivity index (χ4v) is 2.21. The number of halogens is 1. The number of benzene rings is 2. The third kappa shape index (κ3) is 5.33. The summed E-state index contributed by atoms with van der Waals surface area (Å²) < 4.78 is 10.6. The van der Waals surface area contributed by atoms with Gasteiger partial charge in [0.2, 0.25) is 0 Å². The van der Waals surface area contributed by atoms with Gasteiger partial charge >= 0.3 is 11.9 Å². The van der Waals surface area contributed by atoms with Crippen LogP contribution in [0.25, 0.3) is 11.1 Å². The minimum Gasteiger partial charge on any atom is -0.427 e. The van der Waals surface area contributed by atoms with Gasteiger partial charge in [0.25, 0.3) is 0 Å². The van der Waals surface area contributed by atoms with Crippen molar-refractivity contribution in [1.82, 2.24) is 0 Å². The number of ether oxygens (including phenoxy) is 2. The zero-order valence-electron chi connectivity index (χ0n) is 15.3. The lowest BCUT2D eigenvalue weighted by atomic mass is 10.1. The van der Waals surface area contributed by atoms with E-state index in [0.717, 1.165) is 17.5 Å². The normalized spacial score (nSPS) is 12.9. The lowest BCUT2D eigenvalue weighted by Gasteiger charge is -2.17. The first-order chi connectivity index (χ1) is 12.4. The molecule has 0 aliphatic heterocycles. The van der Waals surface area contributed by atoms with Crippen molar-refractivity contribution in [2.75, 3.05) is 0 Å². The molecule has 0 aliphatic rings. The number of hydrogen-bond donors (Lipinski definition) is 0. The highest BCUT2D eigenvalue weighted by Crippen LogP contribution is 2.27. The van der Waals surface area contributed by atoms with E-state index < -0.39 is 10.8 Å². The molecule has 0 heterocycles. The number of alkyl halides is 1. The van der Waals surface area contributed by atoms with Gasteiger partial charge in [0, 0.05) is 6.42 Å². The molecule has 4 nitrogen and oxygen atoms in total. The highest BCUT2D eigenvalue weighted by Gasteiger charge is 2.30. The molecule has 0 radical (unpaired) electrons. The summed E-state index contributed by atoms with van der Waals surface area (Å²) in [6, 6.07) is 14.4. The molecule has 0 aliphatic carbocycles. The second-order valence-electron chi connectivity index (χ2n) is 6.21. The molecule has 26 heavy (non-hydrogen) atoms. The first-order valence-corrected chi connectivity index (χ1v) is 9.06. The second-order valence-corrected chi connectivity index (χ2v) is 7.05. The minimum atomic E-state index is -1.02. The lowest BCUT2D eigenvalue weighted by molar-refractivity contribution is -0.137. The van der Waals surface area contributed by atoms with Crippen LogP contribution in [0, 0.1) is 0 Å². The van der Waals surface area contributed by atoms with Crippen LogP contribution in [0.3, 0.4) is 0 Å². The van der Waals surface area contributed by atoms with E-state index in [4.69, 9.17) is 21.1 Å². The molecule has 0 N–H and O–H groups in total. The molecule has 0 spiro atoms. The molecule has 1 unspecified atom stereocenters. The van der Waals surface area contributed by atoms with Crippen molar-refractivity contribution in [3.8, 4) is 22.6 Å². The van der Waals surface area contributed by atoms with Crippen LogP contribution < -0.4 is 9.47 Å². The molecule has 1 atom stereocenters. The quantitative estimate of drug-likeness (QED) is 0.371. The largest absolute Gasteiger partial charge is 0.427 e. The molecule has 0 saturated heterocycles. The van der Waals surface area contributed by atoms with Gasteiger partial charge in [0.05, 0.1) is 0 Å². The van der Waals surface area contributed by atoms with Crippen LogP contribution in [0.4, 0.5) is 0 Å². The Bertz CT molecular complexity index is 749. The van der Waals surface area contributed by atoms with Crippen LogP contribution in [0.2, 0.25) is 0 Å². The highest BCUT2D eigenvalue weighted by atomic mass is 35.5. The molecular formula is C21H23ClO4. The zero-order chi connectivity index (χ0) is 19.2. The summed E-state index contributed by atoms with van der Waals surface area (Å²) in [4.78, 5) is 22.5. The van der Waals surface area contributed by atoms with Crippen LogP contribution in [0.5, 0.6) is 11.5 Å². The number of hydrogen-bond acceptors (Lipinski definition) is 4. The summed E-state index contributed by atoms with van der Waals surface area (Å²) in [6.45, 7) is 5.40. The van der Waals surface area contributed by atoms with Gasteiger partial charge in [-0.05, 0) is 55.2 Å². The molecule has 0 amide bonds. The predicted molar refractivity (Wildman–Crippen MR) is 103 cm³/mol. The smallest absolute Gasteiger partial charge is 0.332 e. The maximum Gasteiger partial charge on any atom is 0.332 e. The lowest BCUT2D eigenvalue weighted by Crippen LogP contribution is -2.32. The van der Waals surface area contributed by atoms with E-state index in [1.165, 1.54) is 0 Å². The molecule has 2 rings (SSSR count). The SMILES string of the molecule is CCCC(=O)Oc1ccc(-c2ccc(OC(=O)C(C)(Cl)CC)cc2)cc1. The van der Waals surface area contributed by atoms with Crippen molar-refractivity contribution < 1.29 is 19.1 Å². The van der Waals surface area contributed by atoms with E-state index in [-0.39, 0.29) is 5.97 Å². The van der Waals surface area contributed by atoms with Crippen molar-refractivity contribution in [3.05, 3.63) is 48.5 Å². The second kappa shape index (κ2) is 8.86. The third-order valence-corrected chi connectivity index (χ3v) is 4.45. The molecular weight excluding hydrogens is 352 g/mol.